The van der Waals surface area contributed by atoms with E-state index in [4.69, 9.17) is 9.47 Å². The minimum atomic E-state index is -0.122. The van der Waals surface area contributed by atoms with E-state index in [1.54, 1.807) is 7.05 Å². The summed E-state index contributed by atoms with van der Waals surface area (Å²) in [5, 5.41) is 6.60. The number of unbranched alkanes of at least 4 members (excludes halogenated alkanes) is 3. The van der Waals surface area contributed by atoms with Crippen molar-refractivity contribution in [3.63, 3.8) is 0 Å². The van der Waals surface area contributed by atoms with Gasteiger partial charge in [-0.15, -0.1) is 24.0 Å². The summed E-state index contributed by atoms with van der Waals surface area (Å²) in [7, 11) is 3.21. The molecule has 1 fully saturated rings. The molecule has 7 nitrogen and oxygen atoms in total. The highest BCUT2D eigenvalue weighted by atomic mass is 127. The zero-order chi connectivity index (χ0) is 18.2. The molecule has 1 atom stereocenters. The number of guanidine groups is 1. The Morgan fingerprint density at radius 3 is 2.54 bits per heavy atom. The van der Waals surface area contributed by atoms with Gasteiger partial charge in [-0.25, -0.2) is 0 Å². The fourth-order valence-electron chi connectivity index (χ4n) is 2.62. The number of nitrogens with one attached hydrogen (secondary N) is 2. The Morgan fingerprint density at radius 1 is 1.15 bits per heavy atom. The Kier molecular flexibility index (Phi) is 17.4. The molecule has 0 aromatic carbocycles. The molecule has 1 rings (SSSR count). The average molecular weight is 485 g/mol. The van der Waals surface area contributed by atoms with Gasteiger partial charge in [-0.1, -0.05) is 12.8 Å². The fraction of sp³-hybridized carbons (Fsp3) is 0.889. The third-order valence-electron chi connectivity index (χ3n) is 4.19. The molecule has 0 aliphatic carbocycles. The van der Waals surface area contributed by atoms with Crippen molar-refractivity contribution in [2.45, 2.75) is 44.9 Å². The largest absolute Gasteiger partial charge is 0.469 e. The number of ether oxygens (including phenoxy) is 3. The van der Waals surface area contributed by atoms with Gasteiger partial charge in [0.1, 0.15) is 0 Å². The molecule has 154 valence electrons. The molecule has 1 heterocycles. The third-order valence-corrected chi connectivity index (χ3v) is 4.19. The second-order valence-electron chi connectivity index (χ2n) is 6.32. The van der Waals surface area contributed by atoms with E-state index >= 15 is 0 Å². The lowest BCUT2D eigenvalue weighted by Gasteiger charge is -2.12. The van der Waals surface area contributed by atoms with Crippen LogP contribution in [0, 0.1) is 5.92 Å². The lowest BCUT2D eigenvalue weighted by Crippen LogP contribution is -2.38. The van der Waals surface area contributed by atoms with E-state index in [2.05, 4.69) is 20.4 Å². The smallest absolute Gasteiger partial charge is 0.305 e. The van der Waals surface area contributed by atoms with Crippen molar-refractivity contribution in [2.24, 2.45) is 10.9 Å². The van der Waals surface area contributed by atoms with Crippen molar-refractivity contribution in [2.75, 3.05) is 53.7 Å². The summed E-state index contributed by atoms with van der Waals surface area (Å²) in [5.74, 6) is 1.29. The van der Waals surface area contributed by atoms with Crippen LogP contribution in [-0.2, 0) is 19.0 Å². The van der Waals surface area contributed by atoms with Gasteiger partial charge < -0.3 is 24.8 Å². The number of esters is 1. The van der Waals surface area contributed by atoms with Gasteiger partial charge in [0, 0.05) is 45.7 Å². The van der Waals surface area contributed by atoms with Crippen LogP contribution in [0.25, 0.3) is 0 Å². The maximum atomic E-state index is 11.0. The maximum Gasteiger partial charge on any atom is 0.305 e. The van der Waals surface area contributed by atoms with E-state index in [0.29, 0.717) is 12.3 Å². The van der Waals surface area contributed by atoms with Crippen LogP contribution in [-0.4, -0.2) is 65.6 Å². The van der Waals surface area contributed by atoms with Gasteiger partial charge in [0.2, 0.25) is 0 Å². The van der Waals surface area contributed by atoms with E-state index in [0.717, 1.165) is 84.0 Å². The Hall–Kier alpha value is -0.610. The maximum absolute atomic E-state index is 11.0. The highest BCUT2D eigenvalue weighted by molar-refractivity contribution is 14.0. The molecular formula is C18H36IN3O4. The van der Waals surface area contributed by atoms with Gasteiger partial charge >= 0.3 is 5.97 Å². The zero-order valence-electron chi connectivity index (χ0n) is 16.3. The third kappa shape index (κ3) is 13.6. The lowest BCUT2D eigenvalue weighted by molar-refractivity contribution is -0.140. The van der Waals surface area contributed by atoms with E-state index in [1.165, 1.54) is 7.11 Å². The number of hydrogen-bond donors (Lipinski definition) is 2. The van der Waals surface area contributed by atoms with Crippen LogP contribution in [0.1, 0.15) is 44.9 Å². The Morgan fingerprint density at radius 2 is 1.88 bits per heavy atom. The van der Waals surface area contributed by atoms with Crippen LogP contribution in [0.15, 0.2) is 4.99 Å². The molecule has 0 radical (unpaired) electrons. The molecule has 8 heteroatoms. The lowest BCUT2D eigenvalue weighted by atomic mass is 10.1. The minimum absolute atomic E-state index is 0. The molecular weight excluding hydrogens is 449 g/mol. The van der Waals surface area contributed by atoms with Gasteiger partial charge in [0.25, 0.3) is 0 Å². The summed E-state index contributed by atoms with van der Waals surface area (Å²) < 4.78 is 15.6. The normalized spacial score (nSPS) is 16.8. The van der Waals surface area contributed by atoms with Gasteiger partial charge in [0.15, 0.2) is 5.96 Å². The van der Waals surface area contributed by atoms with Crippen molar-refractivity contribution in [3.8, 4) is 0 Å². The minimum Gasteiger partial charge on any atom is -0.469 e. The first-order valence-electron chi connectivity index (χ1n) is 9.43. The summed E-state index contributed by atoms with van der Waals surface area (Å²) in [5.41, 5.74) is 0. The zero-order valence-corrected chi connectivity index (χ0v) is 18.6. The summed E-state index contributed by atoms with van der Waals surface area (Å²) in [6, 6.07) is 0. The monoisotopic (exact) mass is 485 g/mol. The number of methoxy groups -OCH3 is 1. The molecule has 0 amide bonds. The van der Waals surface area contributed by atoms with Crippen molar-refractivity contribution in [1.29, 1.82) is 0 Å². The second-order valence-corrected chi connectivity index (χ2v) is 6.32. The number of hydrogen-bond acceptors (Lipinski definition) is 5. The van der Waals surface area contributed by atoms with Crippen LogP contribution < -0.4 is 10.6 Å². The van der Waals surface area contributed by atoms with Crippen molar-refractivity contribution in [3.05, 3.63) is 0 Å². The van der Waals surface area contributed by atoms with E-state index in [-0.39, 0.29) is 29.9 Å². The first-order chi connectivity index (χ1) is 12.3. The number of halogens is 1. The molecule has 1 saturated heterocycles. The van der Waals surface area contributed by atoms with Crippen LogP contribution in [0.2, 0.25) is 0 Å². The van der Waals surface area contributed by atoms with E-state index < -0.39 is 0 Å². The molecule has 2 N–H and O–H groups in total. The predicted octanol–water partition coefficient (Wildman–Crippen LogP) is 2.34. The van der Waals surface area contributed by atoms with Gasteiger partial charge in [-0.3, -0.25) is 9.79 Å². The first kappa shape index (κ1) is 25.4. The number of aliphatic imine (C=N–C) groups is 1. The second kappa shape index (κ2) is 17.8. The van der Waals surface area contributed by atoms with Crippen molar-refractivity contribution in [1.82, 2.24) is 10.6 Å². The molecule has 0 bridgehead atoms. The summed E-state index contributed by atoms with van der Waals surface area (Å²) in [4.78, 5) is 15.2. The molecule has 1 aliphatic heterocycles. The van der Waals surface area contributed by atoms with E-state index in [9.17, 15) is 4.79 Å². The molecule has 0 aromatic rings. The Balaban J connectivity index is 0.00000625. The molecule has 0 saturated carbocycles. The summed E-state index contributed by atoms with van der Waals surface area (Å²) in [6.45, 7) is 5.03. The van der Waals surface area contributed by atoms with Gasteiger partial charge in [-0.2, -0.15) is 0 Å². The Labute approximate surface area is 175 Å². The average Bonchev–Trinajstić information content (AvgIpc) is 3.15. The first-order valence-corrected chi connectivity index (χ1v) is 9.43. The molecule has 1 unspecified atom stereocenters. The van der Waals surface area contributed by atoms with E-state index in [1.807, 2.05) is 0 Å². The number of nitrogens with zero attached hydrogens (tertiary/aromatic N) is 1. The highest BCUT2D eigenvalue weighted by Gasteiger charge is 2.15. The molecule has 0 spiro atoms. The topological polar surface area (TPSA) is 81.2 Å². The number of rotatable bonds is 13. The van der Waals surface area contributed by atoms with Crippen molar-refractivity contribution >= 4 is 35.9 Å². The standard InChI is InChI=1S/C18H35N3O4.HI/c1-19-18(20-10-6-4-3-5-8-17(22)23-2)21-11-7-12-24-14-16-9-13-25-15-16;/h16H,3-15H2,1-2H3,(H2,19,20,21);1H. The Bertz CT molecular complexity index is 377. The molecule has 0 aromatic heterocycles. The molecule has 1 aliphatic rings. The van der Waals surface area contributed by atoms with Crippen LogP contribution >= 0.6 is 24.0 Å². The van der Waals surface area contributed by atoms with Crippen molar-refractivity contribution < 1.29 is 19.0 Å². The number of carbonyl (C=O) groups is 1. The molecule has 26 heavy (non-hydrogen) atoms. The predicted molar refractivity (Wildman–Crippen MR) is 114 cm³/mol. The van der Waals surface area contributed by atoms with Gasteiger partial charge in [-0.05, 0) is 25.7 Å². The SMILES string of the molecule is CN=C(NCCCCCCC(=O)OC)NCCCOCC1CCOC1.I. The van der Waals surface area contributed by atoms with Crippen LogP contribution in [0.4, 0.5) is 0 Å². The fourth-order valence-corrected chi connectivity index (χ4v) is 2.62. The van der Waals surface area contributed by atoms with Crippen LogP contribution in [0.5, 0.6) is 0 Å². The quantitative estimate of drug-likeness (QED) is 0.137. The highest BCUT2D eigenvalue weighted by Crippen LogP contribution is 2.12. The summed E-state index contributed by atoms with van der Waals surface area (Å²) in [6.07, 6.45) is 6.70. The van der Waals surface area contributed by atoms with Crippen LogP contribution in [0.3, 0.4) is 0 Å². The van der Waals surface area contributed by atoms with Gasteiger partial charge in [0.05, 0.1) is 20.3 Å². The number of carbonyl (C=O) groups excluding carboxylic acids is 1. The summed E-state index contributed by atoms with van der Waals surface area (Å²) >= 11 is 0.